The molecule has 0 N–H and O–H groups in total. The van der Waals surface area contributed by atoms with Crippen molar-refractivity contribution >= 4 is 5.97 Å². The third kappa shape index (κ3) is 4.91. The van der Waals surface area contributed by atoms with Gasteiger partial charge in [-0.3, -0.25) is 4.79 Å². The summed E-state index contributed by atoms with van der Waals surface area (Å²) in [6.07, 6.45) is 1.88. The second kappa shape index (κ2) is 4.12. The monoisotopic (exact) mass is 186 g/mol. The molecule has 0 rings (SSSR count). The molecule has 0 bridgehead atoms. The van der Waals surface area contributed by atoms with Gasteiger partial charge in [-0.2, -0.15) is 0 Å². The van der Waals surface area contributed by atoms with Gasteiger partial charge in [0, 0.05) is 0 Å². The Morgan fingerprint density at radius 3 is 1.92 bits per heavy atom. The highest BCUT2D eigenvalue weighted by atomic mass is 16.6. The van der Waals surface area contributed by atoms with E-state index in [1.807, 2.05) is 34.6 Å². The Hall–Kier alpha value is -0.530. The number of carbonyl (C=O) groups excluding carboxylic acids is 1. The van der Waals surface area contributed by atoms with Gasteiger partial charge >= 0.3 is 5.97 Å². The number of carbonyl (C=O) groups is 1. The first-order chi connectivity index (χ1) is 5.69. The van der Waals surface area contributed by atoms with Crippen LogP contribution in [0.5, 0.6) is 0 Å². The highest BCUT2D eigenvalue weighted by Gasteiger charge is 2.31. The lowest BCUT2D eigenvalue weighted by Crippen LogP contribution is -2.33. The zero-order valence-corrected chi connectivity index (χ0v) is 9.73. The summed E-state index contributed by atoms with van der Waals surface area (Å²) in [5, 5.41) is 0. The predicted octanol–water partition coefficient (Wildman–Crippen LogP) is 3.15. The Balaban J connectivity index is 4.25. The molecule has 0 saturated heterocycles. The van der Waals surface area contributed by atoms with Crippen LogP contribution >= 0.6 is 0 Å². The van der Waals surface area contributed by atoms with E-state index in [0.717, 1.165) is 12.8 Å². The van der Waals surface area contributed by atoms with Crippen LogP contribution in [-0.2, 0) is 9.53 Å². The summed E-state index contributed by atoms with van der Waals surface area (Å²) >= 11 is 0. The summed E-state index contributed by atoms with van der Waals surface area (Å²) in [6, 6.07) is 0. The summed E-state index contributed by atoms with van der Waals surface area (Å²) in [7, 11) is 0. The van der Waals surface area contributed by atoms with Crippen LogP contribution in [0.2, 0.25) is 0 Å². The maximum absolute atomic E-state index is 11.6. The number of hydrogen-bond donors (Lipinski definition) is 0. The normalized spacial score (nSPS) is 12.8. The fraction of sp³-hybridized carbons (Fsp3) is 0.909. The molecule has 0 aliphatic carbocycles. The van der Waals surface area contributed by atoms with E-state index in [4.69, 9.17) is 4.74 Å². The standard InChI is InChI=1S/C11H22O2/c1-7-8-11(5,6)9(12)13-10(2,3)4/h7-8H2,1-6H3. The average Bonchev–Trinajstić information content (AvgIpc) is 1.82. The first-order valence-electron chi connectivity index (χ1n) is 4.92. The lowest BCUT2D eigenvalue weighted by atomic mass is 9.88. The van der Waals surface area contributed by atoms with Crippen molar-refractivity contribution in [3.8, 4) is 0 Å². The molecular weight excluding hydrogens is 164 g/mol. The van der Waals surface area contributed by atoms with Gasteiger partial charge in [0.15, 0.2) is 0 Å². The number of ether oxygens (including phenoxy) is 1. The molecule has 0 fully saturated rings. The quantitative estimate of drug-likeness (QED) is 0.633. The van der Waals surface area contributed by atoms with Crippen molar-refractivity contribution in [1.29, 1.82) is 0 Å². The van der Waals surface area contributed by atoms with Gasteiger partial charge in [0.25, 0.3) is 0 Å². The molecule has 0 aromatic heterocycles. The van der Waals surface area contributed by atoms with Crippen molar-refractivity contribution in [2.75, 3.05) is 0 Å². The molecular formula is C11H22O2. The third-order valence-corrected chi connectivity index (χ3v) is 1.83. The third-order valence-electron chi connectivity index (χ3n) is 1.83. The van der Waals surface area contributed by atoms with E-state index >= 15 is 0 Å². The van der Waals surface area contributed by atoms with Crippen molar-refractivity contribution in [3.05, 3.63) is 0 Å². The Labute approximate surface area is 81.7 Å². The molecule has 0 amide bonds. The molecule has 78 valence electrons. The summed E-state index contributed by atoms with van der Waals surface area (Å²) < 4.78 is 5.32. The summed E-state index contributed by atoms with van der Waals surface area (Å²) in [5.41, 5.74) is -0.718. The van der Waals surface area contributed by atoms with E-state index in [9.17, 15) is 4.79 Å². The minimum Gasteiger partial charge on any atom is -0.460 e. The molecule has 13 heavy (non-hydrogen) atoms. The summed E-state index contributed by atoms with van der Waals surface area (Å²) in [6.45, 7) is 11.6. The van der Waals surface area contributed by atoms with Gasteiger partial charge in [0.1, 0.15) is 5.60 Å². The van der Waals surface area contributed by atoms with E-state index < -0.39 is 0 Å². The van der Waals surface area contributed by atoms with E-state index in [2.05, 4.69) is 6.92 Å². The molecule has 2 nitrogen and oxygen atoms in total. The van der Waals surface area contributed by atoms with E-state index in [0.29, 0.717) is 0 Å². The number of rotatable bonds is 3. The van der Waals surface area contributed by atoms with Crippen LogP contribution in [0.4, 0.5) is 0 Å². The molecule has 0 aromatic carbocycles. The van der Waals surface area contributed by atoms with Gasteiger partial charge in [-0.25, -0.2) is 0 Å². The van der Waals surface area contributed by atoms with Gasteiger partial charge in [0.2, 0.25) is 0 Å². The second-order valence-corrected chi connectivity index (χ2v) is 5.14. The smallest absolute Gasteiger partial charge is 0.312 e. The topological polar surface area (TPSA) is 26.3 Å². The number of esters is 1. The maximum Gasteiger partial charge on any atom is 0.312 e. The Morgan fingerprint density at radius 1 is 1.15 bits per heavy atom. The fourth-order valence-electron chi connectivity index (χ4n) is 1.14. The lowest BCUT2D eigenvalue weighted by Gasteiger charge is -2.28. The van der Waals surface area contributed by atoms with Gasteiger partial charge < -0.3 is 4.74 Å². The van der Waals surface area contributed by atoms with E-state index in [-0.39, 0.29) is 17.0 Å². The zero-order chi connectivity index (χ0) is 10.7. The molecule has 0 aromatic rings. The van der Waals surface area contributed by atoms with Crippen LogP contribution in [0.1, 0.15) is 54.4 Å². The first kappa shape index (κ1) is 12.5. The zero-order valence-electron chi connectivity index (χ0n) is 9.73. The van der Waals surface area contributed by atoms with Crippen LogP contribution in [0.15, 0.2) is 0 Å². The summed E-state index contributed by atoms with van der Waals surface area (Å²) in [4.78, 5) is 11.6. The van der Waals surface area contributed by atoms with Crippen molar-refractivity contribution in [3.63, 3.8) is 0 Å². The van der Waals surface area contributed by atoms with Gasteiger partial charge in [-0.15, -0.1) is 0 Å². The minimum absolute atomic E-state index is 0.0955. The molecule has 0 aliphatic rings. The van der Waals surface area contributed by atoms with Gasteiger partial charge in [-0.1, -0.05) is 13.3 Å². The molecule has 0 unspecified atom stereocenters. The predicted molar refractivity (Wildman–Crippen MR) is 54.5 cm³/mol. The Kier molecular flexibility index (Phi) is 3.95. The highest BCUT2D eigenvalue weighted by molar-refractivity contribution is 5.76. The van der Waals surface area contributed by atoms with Gasteiger partial charge in [-0.05, 0) is 41.0 Å². The summed E-state index contributed by atoms with van der Waals surface area (Å²) in [5.74, 6) is -0.0955. The van der Waals surface area contributed by atoms with Crippen LogP contribution in [-0.4, -0.2) is 11.6 Å². The largest absolute Gasteiger partial charge is 0.460 e. The highest BCUT2D eigenvalue weighted by Crippen LogP contribution is 2.26. The average molecular weight is 186 g/mol. The molecule has 0 heterocycles. The van der Waals surface area contributed by atoms with Gasteiger partial charge in [0.05, 0.1) is 5.41 Å². The minimum atomic E-state index is -0.373. The van der Waals surface area contributed by atoms with E-state index in [1.54, 1.807) is 0 Å². The molecule has 2 heteroatoms. The van der Waals surface area contributed by atoms with Crippen molar-refractivity contribution < 1.29 is 9.53 Å². The fourth-order valence-corrected chi connectivity index (χ4v) is 1.14. The van der Waals surface area contributed by atoms with Crippen LogP contribution in [0.3, 0.4) is 0 Å². The SMILES string of the molecule is CCCC(C)(C)C(=O)OC(C)(C)C. The lowest BCUT2D eigenvalue weighted by molar-refractivity contribution is -0.166. The van der Waals surface area contributed by atoms with Crippen LogP contribution < -0.4 is 0 Å². The maximum atomic E-state index is 11.6. The van der Waals surface area contributed by atoms with Crippen molar-refractivity contribution in [2.45, 2.75) is 60.0 Å². The van der Waals surface area contributed by atoms with Crippen molar-refractivity contribution in [1.82, 2.24) is 0 Å². The van der Waals surface area contributed by atoms with Crippen LogP contribution in [0, 0.1) is 5.41 Å². The molecule has 0 aliphatic heterocycles. The number of hydrogen-bond acceptors (Lipinski definition) is 2. The Bertz CT molecular complexity index is 175. The molecule has 0 saturated carbocycles. The second-order valence-electron chi connectivity index (χ2n) is 5.14. The van der Waals surface area contributed by atoms with Crippen molar-refractivity contribution in [2.24, 2.45) is 5.41 Å². The Morgan fingerprint density at radius 2 is 1.62 bits per heavy atom. The molecule has 0 spiro atoms. The molecule has 0 radical (unpaired) electrons. The first-order valence-corrected chi connectivity index (χ1v) is 4.92. The molecule has 0 atom stereocenters. The van der Waals surface area contributed by atoms with E-state index in [1.165, 1.54) is 0 Å². The van der Waals surface area contributed by atoms with Crippen LogP contribution in [0.25, 0.3) is 0 Å².